The van der Waals surface area contributed by atoms with Gasteiger partial charge >= 0.3 is 18.0 Å². The van der Waals surface area contributed by atoms with Crippen LogP contribution >= 0.6 is 11.3 Å². The summed E-state index contributed by atoms with van der Waals surface area (Å²) in [6.45, 7) is 0.117. The van der Waals surface area contributed by atoms with Crippen molar-refractivity contribution in [2.75, 3.05) is 19.0 Å². The molecule has 0 aromatic carbocycles. The van der Waals surface area contributed by atoms with E-state index >= 15 is 0 Å². The first-order valence-corrected chi connectivity index (χ1v) is 5.85. The van der Waals surface area contributed by atoms with Crippen LogP contribution in [-0.2, 0) is 9.53 Å². The number of nitrogens with one attached hydrogen (secondary N) is 2. The van der Waals surface area contributed by atoms with Crippen LogP contribution in [0.4, 0.5) is 9.80 Å². The molecule has 2 amide bonds. The van der Waals surface area contributed by atoms with E-state index in [1.165, 1.54) is 13.2 Å². The Morgan fingerprint density at radius 2 is 2.17 bits per heavy atom. The number of urea groups is 1. The second-order valence-corrected chi connectivity index (χ2v) is 4.09. The Morgan fingerprint density at radius 1 is 1.44 bits per heavy atom. The lowest BCUT2D eigenvalue weighted by Crippen LogP contribution is -2.30. The van der Waals surface area contributed by atoms with Crippen molar-refractivity contribution in [2.45, 2.75) is 6.42 Å². The zero-order valence-corrected chi connectivity index (χ0v) is 10.4. The summed E-state index contributed by atoms with van der Waals surface area (Å²) >= 11 is 1.11. The number of esters is 1. The third kappa shape index (κ3) is 4.06. The normalized spacial score (nSPS) is 9.61. The first-order chi connectivity index (χ1) is 8.54. The van der Waals surface area contributed by atoms with Gasteiger partial charge in [0.05, 0.1) is 19.1 Å². The SMILES string of the molecule is COC(=O)CCNC(=O)Nc1sccc1C(=O)O. The predicted molar refractivity (Wildman–Crippen MR) is 64.9 cm³/mol. The maximum atomic E-state index is 11.4. The molecule has 0 atom stereocenters. The average molecular weight is 272 g/mol. The molecule has 0 aliphatic heterocycles. The Kier molecular flexibility index (Phi) is 5.12. The van der Waals surface area contributed by atoms with Crippen LogP contribution in [0, 0.1) is 0 Å². The summed E-state index contributed by atoms with van der Waals surface area (Å²) in [5, 5.41) is 15.4. The van der Waals surface area contributed by atoms with Crippen LogP contribution in [0.5, 0.6) is 0 Å². The molecule has 0 fully saturated rings. The Morgan fingerprint density at radius 3 is 2.78 bits per heavy atom. The number of carbonyl (C=O) groups excluding carboxylic acids is 2. The number of carbonyl (C=O) groups is 3. The number of carboxylic acids is 1. The first kappa shape index (κ1) is 14.0. The van der Waals surface area contributed by atoms with Crippen LogP contribution in [0.1, 0.15) is 16.8 Å². The van der Waals surface area contributed by atoms with E-state index in [4.69, 9.17) is 5.11 Å². The second-order valence-electron chi connectivity index (χ2n) is 3.18. The Bertz CT molecular complexity index is 457. The fraction of sp³-hybridized carbons (Fsp3) is 0.300. The molecule has 8 heteroatoms. The number of ether oxygens (including phenoxy) is 1. The number of aromatic carboxylic acids is 1. The van der Waals surface area contributed by atoms with Crippen LogP contribution in [-0.4, -0.2) is 36.7 Å². The molecule has 0 aliphatic carbocycles. The highest BCUT2D eigenvalue weighted by Crippen LogP contribution is 2.22. The number of rotatable bonds is 5. The lowest BCUT2D eigenvalue weighted by molar-refractivity contribution is -0.140. The van der Waals surface area contributed by atoms with Crippen molar-refractivity contribution in [3.63, 3.8) is 0 Å². The third-order valence-electron chi connectivity index (χ3n) is 1.97. The van der Waals surface area contributed by atoms with Crippen molar-refractivity contribution in [3.05, 3.63) is 17.0 Å². The molecule has 1 rings (SSSR count). The van der Waals surface area contributed by atoms with Gasteiger partial charge in [-0.15, -0.1) is 11.3 Å². The number of carboxylic acid groups (broad SMARTS) is 1. The van der Waals surface area contributed by atoms with E-state index in [0.717, 1.165) is 11.3 Å². The highest BCUT2D eigenvalue weighted by Gasteiger charge is 2.13. The summed E-state index contributed by atoms with van der Waals surface area (Å²) < 4.78 is 4.40. The third-order valence-corrected chi connectivity index (χ3v) is 2.79. The largest absolute Gasteiger partial charge is 0.478 e. The van der Waals surface area contributed by atoms with E-state index in [-0.39, 0.29) is 23.5 Å². The second kappa shape index (κ2) is 6.60. The summed E-state index contributed by atoms with van der Waals surface area (Å²) in [5.74, 6) is -1.54. The highest BCUT2D eigenvalue weighted by molar-refractivity contribution is 7.14. The summed E-state index contributed by atoms with van der Waals surface area (Å²) in [7, 11) is 1.26. The van der Waals surface area contributed by atoms with Gasteiger partial charge in [0.25, 0.3) is 0 Å². The van der Waals surface area contributed by atoms with Crippen molar-refractivity contribution < 1.29 is 24.2 Å². The van der Waals surface area contributed by atoms with Gasteiger partial charge in [0, 0.05) is 6.54 Å². The van der Waals surface area contributed by atoms with Gasteiger partial charge in [-0.1, -0.05) is 0 Å². The molecule has 0 spiro atoms. The lowest BCUT2D eigenvalue weighted by Gasteiger charge is -2.06. The zero-order chi connectivity index (χ0) is 13.5. The fourth-order valence-electron chi connectivity index (χ4n) is 1.10. The van der Waals surface area contributed by atoms with Crippen molar-refractivity contribution in [1.82, 2.24) is 5.32 Å². The van der Waals surface area contributed by atoms with Gasteiger partial charge < -0.3 is 15.2 Å². The van der Waals surface area contributed by atoms with Gasteiger partial charge in [0.2, 0.25) is 0 Å². The first-order valence-electron chi connectivity index (χ1n) is 4.97. The smallest absolute Gasteiger partial charge is 0.338 e. The van der Waals surface area contributed by atoms with Crippen molar-refractivity contribution >= 4 is 34.3 Å². The number of hydrogen-bond donors (Lipinski definition) is 3. The van der Waals surface area contributed by atoms with Gasteiger partial charge in [-0.25, -0.2) is 9.59 Å². The molecular formula is C10H12N2O5S. The number of methoxy groups -OCH3 is 1. The number of amides is 2. The van der Waals surface area contributed by atoms with Gasteiger partial charge in [-0.3, -0.25) is 10.1 Å². The summed E-state index contributed by atoms with van der Waals surface area (Å²) in [5.41, 5.74) is 0.0307. The molecule has 98 valence electrons. The van der Waals surface area contributed by atoms with E-state index in [9.17, 15) is 14.4 Å². The van der Waals surface area contributed by atoms with Crippen LogP contribution in [0.3, 0.4) is 0 Å². The molecule has 0 aliphatic rings. The predicted octanol–water partition coefficient (Wildman–Crippen LogP) is 1.13. The molecule has 0 saturated heterocycles. The molecule has 3 N–H and O–H groups in total. The van der Waals surface area contributed by atoms with Crippen LogP contribution in [0.2, 0.25) is 0 Å². The van der Waals surface area contributed by atoms with E-state index < -0.39 is 18.0 Å². The van der Waals surface area contributed by atoms with Gasteiger partial charge in [0.15, 0.2) is 0 Å². The molecular weight excluding hydrogens is 260 g/mol. The Labute approximate surface area is 107 Å². The topological polar surface area (TPSA) is 105 Å². The van der Waals surface area contributed by atoms with Crippen LogP contribution < -0.4 is 10.6 Å². The molecule has 7 nitrogen and oxygen atoms in total. The van der Waals surface area contributed by atoms with E-state index in [1.54, 1.807) is 5.38 Å². The monoisotopic (exact) mass is 272 g/mol. The maximum absolute atomic E-state index is 11.4. The van der Waals surface area contributed by atoms with Crippen molar-refractivity contribution in [3.8, 4) is 0 Å². The Balaban J connectivity index is 2.42. The van der Waals surface area contributed by atoms with E-state index in [1.807, 2.05) is 0 Å². The molecule has 1 aromatic rings. The molecule has 0 bridgehead atoms. The quantitative estimate of drug-likeness (QED) is 0.697. The molecule has 1 aromatic heterocycles. The summed E-state index contributed by atoms with van der Waals surface area (Å²) in [6.07, 6.45) is 0.0557. The van der Waals surface area contributed by atoms with Crippen LogP contribution in [0.15, 0.2) is 11.4 Å². The minimum Gasteiger partial charge on any atom is -0.478 e. The molecule has 0 saturated carbocycles. The summed E-state index contributed by atoms with van der Waals surface area (Å²) in [4.78, 5) is 33.0. The molecule has 0 unspecified atom stereocenters. The minimum absolute atomic E-state index is 0.0307. The summed E-state index contributed by atoms with van der Waals surface area (Å²) in [6, 6.07) is 0.834. The maximum Gasteiger partial charge on any atom is 0.338 e. The highest BCUT2D eigenvalue weighted by atomic mass is 32.1. The van der Waals surface area contributed by atoms with Gasteiger partial charge in [-0.2, -0.15) is 0 Å². The van der Waals surface area contributed by atoms with Crippen LogP contribution in [0.25, 0.3) is 0 Å². The lowest BCUT2D eigenvalue weighted by atomic mass is 10.3. The molecule has 1 heterocycles. The average Bonchev–Trinajstić information content (AvgIpc) is 2.76. The van der Waals surface area contributed by atoms with E-state index in [2.05, 4.69) is 15.4 Å². The standard InChI is InChI=1S/C10H12N2O5S/c1-17-7(13)2-4-11-10(16)12-8-6(9(14)15)3-5-18-8/h3,5H,2,4H2,1H3,(H,14,15)(H2,11,12,16). The van der Waals surface area contributed by atoms with Gasteiger partial charge in [-0.05, 0) is 11.4 Å². The van der Waals surface area contributed by atoms with E-state index in [0.29, 0.717) is 0 Å². The molecule has 0 radical (unpaired) electrons. The van der Waals surface area contributed by atoms with Crippen molar-refractivity contribution in [1.29, 1.82) is 0 Å². The molecule has 18 heavy (non-hydrogen) atoms. The van der Waals surface area contributed by atoms with Gasteiger partial charge in [0.1, 0.15) is 5.00 Å². The number of thiophene rings is 1. The minimum atomic E-state index is -1.11. The zero-order valence-electron chi connectivity index (χ0n) is 9.56. The number of anilines is 1. The Hall–Kier alpha value is -2.09. The number of hydrogen-bond acceptors (Lipinski definition) is 5. The fourth-order valence-corrected chi connectivity index (χ4v) is 1.88. The van der Waals surface area contributed by atoms with Crippen molar-refractivity contribution in [2.24, 2.45) is 0 Å².